The first-order valence-corrected chi connectivity index (χ1v) is 5.91. The van der Waals surface area contributed by atoms with Crippen LogP contribution in [-0.2, 0) is 4.79 Å². The maximum atomic E-state index is 12.1. The Morgan fingerprint density at radius 1 is 1.50 bits per heavy atom. The summed E-state index contributed by atoms with van der Waals surface area (Å²) in [4.78, 5) is 25.4. The van der Waals surface area contributed by atoms with Crippen molar-refractivity contribution in [3.63, 3.8) is 0 Å². The van der Waals surface area contributed by atoms with Crippen molar-refractivity contribution in [2.45, 2.75) is 19.4 Å². The Hall–Kier alpha value is -2.04. The molecule has 5 nitrogen and oxygen atoms in total. The minimum atomic E-state index is -0.414. The Bertz CT molecular complexity index is 499. The van der Waals surface area contributed by atoms with Gasteiger partial charge in [0, 0.05) is 24.8 Å². The minimum absolute atomic E-state index is 0.0371. The standard InChI is InChI=1S/C13H17N3O2/c1-8-3-4-9(14)7-10(8)12(17)15-11-5-6-16(2)13(11)18/h3-4,7,11H,5-6,14H2,1-2H3,(H,15,17). The number of carbonyl (C=O) groups is 2. The zero-order valence-electron chi connectivity index (χ0n) is 10.6. The molecule has 96 valence electrons. The lowest BCUT2D eigenvalue weighted by Gasteiger charge is -2.13. The molecule has 1 saturated heterocycles. The highest BCUT2D eigenvalue weighted by atomic mass is 16.2. The van der Waals surface area contributed by atoms with Crippen LogP contribution in [0.2, 0.25) is 0 Å². The van der Waals surface area contributed by atoms with Gasteiger partial charge in [0.25, 0.3) is 5.91 Å². The van der Waals surface area contributed by atoms with Crippen LogP contribution in [0.1, 0.15) is 22.3 Å². The molecule has 0 radical (unpaired) electrons. The summed E-state index contributed by atoms with van der Waals surface area (Å²) < 4.78 is 0. The van der Waals surface area contributed by atoms with Crippen LogP contribution in [0.5, 0.6) is 0 Å². The van der Waals surface area contributed by atoms with Gasteiger partial charge in [-0.3, -0.25) is 9.59 Å². The third kappa shape index (κ3) is 2.30. The molecule has 0 spiro atoms. The number of anilines is 1. The van der Waals surface area contributed by atoms with E-state index in [2.05, 4.69) is 5.32 Å². The normalized spacial score (nSPS) is 19.1. The number of benzene rings is 1. The maximum Gasteiger partial charge on any atom is 0.252 e. The summed E-state index contributed by atoms with van der Waals surface area (Å²) in [6, 6.07) is 4.77. The van der Waals surface area contributed by atoms with Crippen molar-refractivity contribution in [3.8, 4) is 0 Å². The van der Waals surface area contributed by atoms with E-state index in [9.17, 15) is 9.59 Å². The zero-order valence-corrected chi connectivity index (χ0v) is 10.6. The van der Waals surface area contributed by atoms with Gasteiger partial charge >= 0.3 is 0 Å². The molecule has 1 aliphatic heterocycles. The van der Waals surface area contributed by atoms with Crippen molar-refractivity contribution in [1.29, 1.82) is 0 Å². The first-order chi connectivity index (χ1) is 8.49. The molecule has 2 rings (SSSR count). The van der Waals surface area contributed by atoms with E-state index in [0.717, 1.165) is 5.56 Å². The van der Waals surface area contributed by atoms with Gasteiger partial charge in [0.05, 0.1) is 0 Å². The Balaban J connectivity index is 2.13. The molecule has 0 saturated carbocycles. The molecular formula is C13H17N3O2. The average molecular weight is 247 g/mol. The molecule has 1 aromatic carbocycles. The van der Waals surface area contributed by atoms with Crippen molar-refractivity contribution in [3.05, 3.63) is 29.3 Å². The van der Waals surface area contributed by atoms with Gasteiger partial charge in [-0.05, 0) is 31.0 Å². The molecular weight excluding hydrogens is 230 g/mol. The molecule has 1 aromatic rings. The third-order valence-corrected chi connectivity index (χ3v) is 3.24. The predicted octanol–water partition coefficient (Wildman–Crippen LogP) is 0.538. The SMILES string of the molecule is Cc1ccc(N)cc1C(=O)NC1CCN(C)C1=O. The van der Waals surface area contributed by atoms with Crippen LogP contribution < -0.4 is 11.1 Å². The van der Waals surface area contributed by atoms with Gasteiger partial charge in [-0.25, -0.2) is 0 Å². The topological polar surface area (TPSA) is 75.4 Å². The molecule has 1 heterocycles. The number of nitrogens with two attached hydrogens (primary N) is 1. The molecule has 1 aliphatic rings. The van der Waals surface area contributed by atoms with E-state index < -0.39 is 6.04 Å². The lowest BCUT2D eigenvalue weighted by Crippen LogP contribution is -2.40. The van der Waals surface area contributed by atoms with Crippen LogP contribution in [-0.4, -0.2) is 36.3 Å². The average Bonchev–Trinajstić information content (AvgIpc) is 2.64. The van der Waals surface area contributed by atoms with Crippen LogP contribution in [0.25, 0.3) is 0 Å². The summed E-state index contributed by atoms with van der Waals surface area (Å²) in [5.74, 6) is -0.279. The molecule has 3 N–H and O–H groups in total. The van der Waals surface area contributed by atoms with Crippen LogP contribution in [0.3, 0.4) is 0 Å². The van der Waals surface area contributed by atoms with Crippen molar-refractivity contribution in [1.82, 2.24) is 10.2 Å². The number of carbonyl (C=O) groups excluding carboxylic acids is 2. The highest BCUT2D eigenvalue weighted by Crippen LogP contribution is 2.14. The fourth-order valence-corrected chi connectivity index (χ4v) is 2.08. The quantitative estimate of drug-likeness (QED) is 0.749. The molecule has 2 amide bonds. The maximum absolute atomic E-state index is 12.1. The molecule has 1 fully saturated rings. The van der Waals surface area contributed by atoms with E-state index in [1.54, 1.807) is 30.1 Å². The lowest BCUT2D eigenvalue weighted by molar-refractivity contribution is -0.128. The number of nitrogen functional groups attached to an aromatic ring is 1. The number of likely N-dealkylation sites (tertiary alicyclic amines) is 1. The van der Waals surface area contributed by atoms with E-state index in [4.69, 9.17) is 5.73 Å². The van der Waals surface area contributed by atoms with Crippen molar-refractivity contribution in [2.75, 3.05) is 19.3 Å². The summed E-state index contributed by atoms with van der Waals surface area (Å²) >= 11 is 0. The zero-order chi connectivity index (χ0) is 13.3. The number of likely N-dealkylation sites (N-methyl/N-ethyl adjacent to an activating group) is 1. The second-order valence-electron chi connectivity index (χ2n) is 4.65. The Kier molecular flexibility index (Phi) is 3.23. The third-order valence-electron chi connectivity index (χ3n) is 3.24. The second-order valence-corrected chi connectivity index (χ2v) is 4.65. The molecule has 18 heavy (non-hydrogen) atoms. The number of nitrogens with zero attached hydrogens (tertiary/aromatic N) is 1. The smallest absolute Gasteiger partial charge is 0.252 e. The molecule has 0 aromatic heterocycles. The molecule has 1 atom stereocenters. The van der Waals surface area contributed by atoms with Gasteiger partial charge in [-0.1, -0.05) is 6.07 Å². The number of aryl methyl sites for hydroxylation is 1. The summed E-state index contributed by atoms with van der Waals surface area (Å²) in [5, 5.41) is 2.76. The van der Waals surface area contributed by atoms with Gasteiger partial charge in [0.1, 0.15) is 6.04 Å². The van der Waals surface area contributed by atoms with E-state index in [0.29, 0.717) is 24.2 Å². The number of hydrogen-bond acceptors (Lipinski definition) is 3. The van der Waals surface area contributed by atoms with Gasteiger partial charge in [0.15, 0.2) is 0 Å². The molecule has 5 heteroatoms. The van der Waals surface area contributed by atoms with Crippen LogP contribution in [0.4, 0.5) is 5.69 Å². The molecule has 0 bridgehead atoms. The van der Waals surface area contributed by atoms with Crippen LogP contribution in [0, 0.1) is 6.92 Å². The summed E-state index contributed by atoms with van der Waals surface area (Å²) in [5.41, 5.74) is 7.58. The number of nitrogens with one attached hydrogen (secondary N) is 1. The molecule has 1 unspecified atom stereocenters. The first kappa shape index (κ1) is 12.4. The number of hydrogen-bond donors (Lipinski definition) is 2. The lowest BCUT2D eigenvalue weighted by atomic mass is 10.1. The number of rotatable bonds is 2. The van der Waals surface area contributed by atoms with E-state index in [1.807, 2.05) is 6.92 Å². The largest absolute Gasteiger partial charge is 0.399 e. The Labute approximate surface area is 106 Å². The predicted molar refractivity (Wildman–Crippen MR) is 69.1 cm³/mol. The van der Waals surface area contributed by atoms with Crippen LogP contribution >= 0.6 is 0 Å². The van der Waals surface area contributed by atoms with Crippen molar-refractivity contribution >= 4 is 17.5 Å². The number of amides is 2. The van der Waals surface area contributed by atoms with E-state index in [-0.39, 0.29) is 11.8 Å². The fourth-order valence-electron chi connectivity index (χ4n) is 2.08. The highest BCUT2D eigenvalue weighted by Gasteiger charge is 2.30. The fraction of sp³-hybridized carbons (Fsp3) is 0.385. The minimum Gasteiger partial charge on any atom is -0.399 e. The summed E-state index contributed by atoms with van der Waals surface area (Å²) in [6.45, 7) is 2.52. The van der Waals surface area contributed by atoms with Gasteiger partial charge < -0.3 is 16.0 Å². The summed E-state index contributed by atoms with van der Waals surface area (Å²) in [6.07, 6.45) is 0.655. The Morgan fingerprint density at radius 2 is 2.22 bits per heavy atom. The van der Waals surface area contributed by atoms with E-state index in [1.165, 1.54) is 0 Å². The molecule has 0 aliphatic carbocycles. The monoisotopic (exact) mass is 247 g/mol. The van der Waals surface area contributed by atoms with Crippen molar-refractivity contribution in [2.24, 2.45) is 0 Å². The summed E-state index contributed by atoms with van der Waals surface area (Å²) in [7, 11) is 1.74. The second kappa shape index (κ2) is 4.68. The van der Waals surface area contributed by atoms with Gasteiger partial charge in [0.2, 0.25) is 5.91 Å². The highest BCUT2D eigenvalue weighted by molar-refractivity contribution is 5.99. The van der Waals surface area contributed by atoms with Crippen molar-refractivity contribution < 1.29 is 9.59 Å². The van der Waals surface area contributed by atoms with Gasteiger partial charge in [-0.15, -0.1) is 0 Å². The van der Waals surface area contributed by atoms with Gasteiger partial charge in [-0.2, -0.15) is 0 Å². The van der Waals surface area contributed by atoms with E-state index >= 15 is 0 Å². The first-order valence-electron chi connectivity index (χ1n) is 5.91. The van der Waals surface area contributed by atoms with Crippen LogP contribution in [0.15, 0.2) is 18.2 Å². The Morgan fingerprint density at radius 3 is 2.83 bits per heavy atom.